The molecule has 1 saturated heterocycles. The largest absolute Gasteiger partial charge is 0.416 e. The van der Waals surface area contributed by atoms with Crippen LogP contribution >= 0.6 is 0 Å². The molecule has 0 spiro atoms. The fraction of sp³-hybridized carbons (Fsp3) is 0.370. The van der Waals surface area contributed by atoms with Crippen molar-refractivity contribution in [3.05, 3.63) is 82.3 Å². The van der Waals surface area contributed by atoms with Gasteiger partial charge in [-0.05, 0) is 49.2 Å². The number of nitrogens with one attached hydrogen (secondary N) is 1. The Kier molecular flexibility index (Phi) is 7.17. The van der Waals surface area contributed by atoms with Crippen LogP contribution in [0.15, 0.2) is 48.5 Å². The van der Waals surface area contributed by atoms with Gasteiger partial charge in [-0.1, -0.05) is 18.2 Å². The summed E-state index contributed by atoms with van der Waals surface area (Å²) in [7, 11) is 0. The number of aliphatic hydroxyl groups excluding tert-OH is 1. The van der Waals surface area contributed by atoms with Gasteiger partial charge in [0.1, 0.15) is 17.7 Å². The van der Waals surface area contributed by atoms with Crippen LogP contribution in [-0.2, 0) is 22.3 Å². The first-order valence-corrected chi connectivity index (χ1v) is 12.5. The van der Waals surface area contributed by atoms with Crippen molar-refractivity contribution in [3.8, 4) is 0 Å². The number of anilines is 1. The lowest BCUT2D eigenvalue weighted by molar-refractivity contribution is -0.137. The number of likely N-dealkylation sites (N-methyl/N-ethyl adjacent to an activating group) is 1. The number of aromatic nitrogens is 2. The predicted octanol–water partition coefficient (Wildman–Crippen LogP) is 3.79. The average Bonchev–Trinajstić information content (AvgIpc) is 3.58. The fourth-order valence-corrected chi connectivity index (χ4v) is 5.28. The van der Waals surface area contributed by atoms with Crippen LogP contribution in [0.2, 0.25) is 0 Å². The summed E-state index contributed by atoms with van der Waals surface area (Å²) in [5, 5.41) is 17.5. The molecule has 3 heterocycles. The van der Waals surface area contributed by atoms with Crippen LogP contribution < -0.4 is 10.2 Å². The van der Waals surface area contributed by atoms with Gasteiger partial charge in [-0.15, -0.1) is 0 Å². The highest BCUT2D eigenvalue weighted by Gasteiger charge is 2.46. The fourth-order valence-electron chi connectivity index (χ4n) is 5.28. The monoisotopic (exact) mass is 546 g/mol. The van der Waals surface area contributed by atoms with Gasteiger partial charge in [-0.25, -0.2) is 9.07 Å². The van der Waals surface area contributed by atoms with Gasteiger partial charge in [0.05, 0.1) is 30.5 Å². The van der Waals surface area contributed by atoms with E-state index in [2.05, 4.69) is 10.4 Å². The lowest BCUT2D eigenvalue weighted by atomic mass is 9.81. The van der Waals surface area contributed by atoms with E-state index in [0.29, 0.717) is 36.6 Å². The highest BCUT2D eigenvalue weighted by atomic mass is 19.4. The molecule has 2 aliphatic heterocycles. The third kappa shape index (κ3) is 4.89. The maximum Gasteiger partial charge on any atom is 0.416 e. The third-order valence-corrected chi connectivity index (χ3v) is 7.11. The molecular formula is C27H26F4N4O4. The molecule has 2 aliphatic rings. The molecule has 8 nitrogen and oxygen atoms in total. The summed E-state index contributed by atoms with van der Waals surface area (Å²) in [6, 6.07) is 7.82. The van der Waals surface area contributed by atoms with Gasteiger partial charge in [0.25, 0.3) is 11.8 Å². The van der Waals surface area contributed by atoms with E-state index in [1.165, 1.54) is 35.2 Å². The summed E-state index contributed by atoms with van der Waals surface area (Å²) in [5.74, 6) is -2.36. The number of rotatable bonds is 6. The van der Waals surface area contributed by atoms with Gasteiger partial charge in [0, 0.05) is 30.2 Å². The number of fused-ring (bicyclic) bond motifs is 1. The maximum absolute atomic E-state index is 13.9. The zero-order chi connectivity index (χ0) is 27.9. The highest BCUT2D eigenvalue weighted by molar-refractivity contribution is 6.05. The van der Waals surface area contributed by atoms with Crippen LogP contribution in [-0.4, -0.2) is 52.5 Å². The Morgan fingerprint density at radius 1 is 1.21 bits per heavy atom. The number of hydrogen-bond acceptors (Lipinski definition) is 5. The molecule has 2 N–H and O–H groups in total. The number of nitrogens with zero attached hydrogens (tertiary/aromatic N) is 3. The molecule has 3 aromatic rings. The summed E-state index contributed by atoms with van der Waals surface area (Å²) in [5.41, 5.74) is -0.0545. The van der Waals surface area contributed by atoms with Crippen molar-refractivity contribution in [1.29, 1.82) is 0 Å². The van der Waals surface area contributed by atoms with Crippen molar-refractivity contribution < 1.29 is 37.0 Å². The number of alkyl halides is 3. The van der Waals surface area contributed by atoms with Crippen molar-refractivity contribution >= 4 is 17.6 Å². The summed E-state index contributed by atoms with van der Waals surface area (Å²) in [6.45, 7) is 2.34. The SMILES string of the molecule is CCN1C(=O)[C@H](NC(=O)c2cccc(C(F)(F)F)c2)[C@H](c2ccc(F)cc2)c2c(CO)nn([C@@H]3CCOC3)c21. The number of aliphatic hydroxyl groups is 1. The molecule has 5 rings (SSSR count). The van der Waals surface area contributed by atoms with E-state index in [-0.39, 0.29) is 23.8 Å². The zero-order valence-corrected chi connectivity index (χ0v) is 20.9. The normalized spacial score (nSPS) is 21.2. The van der Waals surface area contributed by atoms with Gasteiger partial charge >= 0.3 is 6.18 Å². The van der Waals surface area contributed by atoms with Gasteiger partial charge in [0.15, 0.2) is 0 Å². The van der Waals surface area contributed by atoms with Crippen LogP contribution in [0.5, 0.6) is 0 Å². The van der Waals surface area contributed by atoms with E-state index in [9.17, 15) is 32.3 Å². The molecule has 0 bridgehead atoms. The Morgan fingerprint density at radius 2 is 1.95 bits per heavy atom. The van der Waals surface area contributed by atoms with Crippen LogP contribution in [0.1, 0.15) is 58.0 Å². The third-order valence-electron chi connectivity index (χ3n) is 7.11. The number of carbonyl (C=O) groups excluding carboxylic acids is 2. The second-order valence-electron chi connectivity index (χ2n) is 9.45. The van der Waals surface area contributed by atoms with Crippen LogP contribution in [0.4, 0.5) is 23.4 Å². The smallest absolute Gasteiger partial charge is 0.390 e. The lowest BCUT2D eigenvalue weighted by Crippen LogP contribution is -2.55. The summed E-state index contributed by atoms with van der Waals surface area (Å²) in [4.78, 5) is 28.6. The topological polar surface area (TPSA) is 96.7 Å². The molecule has 0 aliphatic carbocycles. The molecule has 206 valence electrons. The predicted molar refractivity (Wildman–Crippen MR) is 132 cm³/mol. The van der Waals surface area contributed by atoms with Crippen molar-refractivity contribution in [2.75, 3.05) is 24.7 Å². The van der Waals surface area contributed by atoms with Gasteiger partial charge in [-0.3, -0.25) is 14.5 Å². The highest BCUT2D eigenvalue weighted by Crippen LogP contribution is 2.44. The molecule has 0 unspecified atom stereocenters. The van der Waals surface area contributed by atoms with Crippen LogP contribution in [0.3, 0.4) is 0 Å². The molecule has 3 atom stereocenters. The van der Waals surface area contributed by atoms with E-state index >= 15 is 0 Å². The van der Waals surface area contributed by atoms with Gasteiger partial charge < -0.3 is 15.2 Å². The second kappa shape index (κ2) is 10.4. The molecular weight excluding hydrogens is 520 g/mol. The second-order valence-corrected chi connectivity index (χ2v) is 9.45. The van der Waals surface area contributed by atoms with E-state index < -0.39 is 47.9 Å². The lowest BCUT2D eigenvalue weighted by Gasteiger charge is -2.39. The van der Waals surface area contributed by atoms with Crippen molar-refractivity contribution in [1.82, 2.24) is 15.1 Å². The van der Waals surface area contributed by atoms with Crippen molar-refractivity contribution in [3.63, 3.8) is 0 Å². The summed E-state index contributed by atoms with van der Waals surface area (Å²) < 4.78 is 60.9. The number of amides is 2. The van der Waals surface area contributed by atoms with Crippen LogP contribution in [0, 0.1) is 5.82 Å². The minimum Gasteiger partial charge on any atom is -0.390 e. The molecule has 12 heteroatoms. The van der Waals surface area contributed by atoms with Crippen molar-refractivity contribution in [2.45, 2.75) is 44.1 Å². The number of benzene rings is 2. The zero-order valence-electron chi connectivity index (χ0n) is 20.9. The first kappa shape index (κ1) is 26.8. The number of hydrogen-bond donors (Lipinski definition) is 2. The molecule has 1 aromatic heterocycles. The molecule has 0 radical (unpaired) electrons. The first-order valence-electron chi connectivity index (χ1n) is 12.5. The Morgan fingerprint density at radius 3 is 2.56 bits per heavy atom. The molecule has 0 saturated carbocycles. The van der Waals surface area contributed by atoms with E-state index in [1.54, 1.807) is 11.6 Å². The standard InChI is InChI=1S/C27H26F4N4O4/c1-2-34-25-22(20(13-36)33-35(25)19-10-11-39-14-19)21(15-6-8-18(28)9-7-15)23(26(34)38)32-24(37)16-4-3-5-17(12-16)27(29,30)31/h3-9,12,19,21,23,36H,2,10-11,13-14H2,1H3,(H,32,37)/t19-,21-,23-/m1/s1. The first-order chi connectivity index (χ1) is 18.6. The minimum absolute atomic E-state index is 0.189. The summed E-state index contributed by atoms with van der Waals surface area (Å²) in [6.07, 6.45) is -4.02. The quantitative estimate of drug-likeness (QED) is 0.459. The molecule has 39 heavy (non-hydrogen) atoms. The molecule has 2 aromatic carbocycles. The van der Waals surface area contributed by atoms with Gasteiger partial charge in [-0.2, -0.15) is 18.3 Å². The Labute approximate surface area is 221 Å². The number of carbonyl (C=O) groups is 2. The molecule has 2 amide bonds. The minimum atomic E-state index is -4.66. The van der Waals surface area contributed by atoms with E-state index in [4.69, 9.17) is 4.74 Å². The van der Waals surface area contributed by atoms with E-state index in [0.717, 1.165) is 18.2 Å². The Balaban J connectivity index is 1.64. The Bertz CT molecular complexity index is 1380. The number of ether oxygens (including phenoxy) is 1. The number of halogens is 4. The average molecular weight is 547 g/mol. The van der Waals surface area contributed by atoms with Gasteiger partial charge in [0.2, 0.25) is 0 Å². The maximum atomic E-state index is 13.9. The Hall–Kier alpha value is -3.77. The summed E-state index contributed by atoms with van der Waals surface area (Å²) >= 11 is 0. The van der Waals surface area contributed by atoms with Crippen LogP contribution in [0.25, 0.3) is 0 Å². The van der Waals surface area contributed by atoms with Crippen molar-refractivity contribution in [2.24, 2.45) is 0 Å². The van der Waals surface area contributed by atoms with E-state index in [1.807, 2.05) is 0 Å². The molecule has 1 fully saturated rings.